The molecule has 0 saturated heterocycles. The molecule has 1 aliphatic rings. The highest BCUT2D eigenvalue weighted by atomic mass is 16.3. The Hall–Kier alpha value is -4.03. The maximum Gasteiger partial charge on any atom is 0.165 e. The van der Waals surface area contributed by atoms with E-state index in [1.54, 1.807) is 49.4 Å². The molecule has 0 spiro atoms. The number of aliphatic imine (C=N–C) groups is 1. The van der Waals surface area contributed by atoms with Crippen LogP contribution in [0.25, 0.3) is 5.57 Å². The maximum atomic E-state index is 11.0. The fourth-order valence-corrected chi connectivity index (χ4v) is 3.20. The van der Waals surface area contributed by atoms with Gasteiger partial charge in [-0.15, -0.1) is 0 Å². The van der Waals surface area contributed by atoms with Crippen LogP contribution in [-0.4, -0.2) is 33.2 Å². The minimum absolute atomic E-state index is 0.0317. The Kier molecular flexibility index (Phi) is 7.53. The number of aliphatic hydroxyl groups excluding tert-OH is 2. The topological polar surface area (TPSA) is 97.8 Å². The highest BCUT2D eigenvalue weighted by Crippen LogP contribution is 2.33. The summed E-state index contributed by atoms with van der Waals surface area (Å²) < 4.78 is 0. The number of para-hydroxylation sites is 1. The second-order valence-corrected chi connectivity index (χ2v) is 7.58. The number of phenolic OH excluding ortho intramolecular Hbond substituents is 1. The van der Waals surface area contributed by atoms with Gasteiger partial charge in [-0.2, -0.15) is 10.2 Å². The molecular formula is C27H27N3O3. The van der Waals surface area contributed by atoms with Gasteiger partial charge < -0.3 is 15.3 Å². The van der Waals surface area contributed by atoms with E-state index >= 15 is 0 Å². The number of benzene rings is 2. The van der Waals surface area contributed by atoms with Crippen molar-refractivity contribution in [2.75, 3.05) is 0 Å². The third-order valence-electron chi connectivity index (χ3n) is 5.11. The van der Waals surface area contributed by atoms with E-state index in [4.69, 9.17) is 0 Å². The number of hydrogen-bond donors (Lipinski definition) is 3. The molecule has 3 rings (SSSR count). The number of hydrogen-bond acceptors (Lipinski definition) is 6. The van der Waals surface area contributed by atoms with Gasteiger partial charge in [0, 0.05) is 6.21 Å². The van der Waals surface area contributed by atoms with Crippen LogP contribution in [0.15, 0.2) is 118 Å². The summed E-state index contributed by atoms with van der Waals surface area (Å²) in [5, 5.41) is 39.8. The van der Waals surface area contributed by atoms with Crippen molar-refractivity contribution >= 4 is 17.5 Å². The summed E-state index contributed by atoms with van der Waals surface area (Å²) in [6.07, 6.45) is 10.2. The molecule has 168 valence electrons. The third-order valence-corrected chi connectivity index (χ3v) is 5.11. The standard InChI is InChI=1S/C27H27N3O3/c1-4-8-22(24(31)5-2)28-18-27(30-29-23-9-6-7-10-25(23)32)17-21(15-16-26(27)33)20-13-11-19(3)12-14-20/h4-18,26,31-33H,2H2,1,3H3. The molecule has 3 N–H and O–H groups in total. The van der Waals surface area contributed by atoms with Gasteiger partial charge in [-0.1, -0.05) is 66.8 Å². The number of phenols is 1. The van der Waals surface area contributed by atoms with Crippen LogP contribution in [0.4, 0.5) is 5.69 Å². The molecule has 0 amide bonds. The summed E-state index contributed by atoms with van der Waals surface area (Å²) in [6, 6.07) is 14.5. The molecule has 6 heteroatoms. The van der Waals surface area contributed by atoms with E-state index in [1.807, 2.05) is 37.3 Å². The lowest BCUT2D eigenvalue weighted by Crippen LogP contribution is -2.40. The molecule has 0 heterocycles. The van der Waals surface area contributed by atoms with Crippen molar-refractivity contribution in [3.63, 3.8) is 0 Å². The van der Waals surface area contributed by atoms with Gasteiger partial charge in [-0.05, 0) is 55.3 Å². The normalized spacial score (nSPS) is 21.5. The Bertz CT molecular complexity index is 1190. The quantitative estimate of drug-likeness (QED) is 0.208. The third kappa shape index (κ3) is 5.61. The number of azo groups is 1. The highest BCUT2D eigenvalue weighted by Gasteiger charge is 2.36. The van der Waals surface area contributed by atoms with Gasteiger partial charge in [0.2, 0.25) is 0 Å². The molecule has 0 saturated carbocycles. The zero-order chi connectivity index (χ0) is 23.8. The number of allylic oxidation sites excluding steroid dienone is 5. The maximum absolute atomic E-state index is 11.0. The summed E-state index contributed by atoms with van der Waals surface area (Å²) in [5.74, 6) is -0.142. The Labute approximate surface area is 193 Å². The zero-order valence-corrected chi connectivity index (χ0v) is 18.6. The van der Waals surface area contributed by atoms with Gasteiger partial charge in [0.05, 0.1) is 0 Å². The monoisotopic (exact) mass is 441 g/mol. The Morgan fingerprint density at radius 2 is 1.85 bits per heavy atom. The van der Waals surface area contributed by atoms with Crippen LogP contribution in [0.3, 0.4) is 0 Å². The predicted molar refractivity (Wildman–Crippen MR) is 133 cm³/mol. The molecule has 0 radical (unpaired) electrons. The summed E-state index contributed by atoms with van der Waals surface area (Å²) in [7, 11) is 0. The van der Waals surface area contributed by atoms with Crippen molar-refractivity contribution in [1.29, 1.82) is 0 Å². The SMILES string of the molecule is C=CC(O)=C(C=CC)N=CC1(N=Nc2ccccc2O)C=C(c2ccc(C)cc2)C=CC1O. The predicted octanol–water partition coefficient (Wildman–Crippen LogP) is 6.14. The average molecular weight is 442 g/mol. The molecule has 33 heavy (non-hydrogen) atoms. The van der Waals surface area contributed by atoms with Crippen LogP contribution >= 0.6 is 0 Å². The lowest BCUT2D eigenvalue weighted by Gasteiger charge is -2.29. The van der Waals surface area contributed by atoms with Crippen LogP contribution in [0.5, 0.6) is 5.75 Å². The van der Waals surface area contributed by atoms with Gasteiger partial charge in [0.25, 0.3) is 0 Å². The molecule has 1 aliphatic carbocycles. The first-order chi connectivity index (χ1) is 15.9. The van der Waals surface area contributed by atoms with Crippen LogP contribution < -0.4 is 0 Å². The fraction of sp³-hybridized carbons (Fsp3) is 0.148. The largest absolute Gasteiger partial charge is 0.506 e. The molecular weight excluding hydrogens is 414 g/mol. The minimum Gasteiger partial charge on any atom is -0.506 e. The van der Waals surface area contributed by atoms with Crippen molar-refractivity contribution < 1.29 is 15.3 Å². The summed E-state index contributed by atoms with van der Waals surface area (Å²) in [6.45, 7) is 7.39. The lowest BCUT2D eigenvalue weighted by molar-refractivity contribution is 0.185. The molecule has 6 nitrogen and oxygen atoms in total. The van der Waals surface area contributed by atoms with E-state index in [1.165, 1.54) is 18.4 Å². The second kappa shape index (κ2) is 10.5. The van der Waals surface area contributed by atoms with Crippen LogP contribution in [0.2, 0.25) is 0 Å². The average Bonchev–Trinajstić information content (AvgIpc) is 2.82. The molecule has 0 bridgehead atoms. The van der Waals surface area contributed by atoms with Crippen molar-refractivity contribution in [2.24, 2.45) is 15.2 Å². The summed E-state index contributed by atoms with van der Waals surface area (Å²) in [5.41, 5.74) is 2.04. The Morgan fingerprint density at radius 3 is 2.52 bits per heavy atom. The molecule has 0 fully saturated rings. The highest BCUT2D eigenvalue weighted by molar-refractivity contribution is 5.86. The molecule has 2 aromatic rings. The van der Waals surface area contributed by atoms with Gasteiger partial charge in [0.15, 0.2) is 5.54 Å². The molecule has 0 aliphatic heterocycles. The van der Waals surface area contributed by atoms with Crippen molar-refractivity contribution in [2.45, 2.75) is 25.5 Å². The van der Waals surface area contributed by atoms with E-state index in [9.17, 15) is 15.3 Å². The van der Waals surface area contributed by atoms with E-state index in [2.05, 4.69) is 21.8 Å². The van der Waals surface area contributed by atoms with Gasteiger partial charge in [-0.25, -0.2) is 0 Å². The smallest absolute Gasteiger partial charge is 0.165 e. The van der Waals surface area contributed by atoms with E-state index in [-0.39, 0.29) is 22.9 Å². The molecule has 2 unspecified atom stereocenters. The van der Waals surface area contributed by atoms with Crippen LogP contribution in [0.1, 0.15) is 18.1 Å². The minimum atomic E-state index is -1.38. The number of aromatic hydroxyl groups is 1. The van der Waals surface area contributed by atoms with E-state index in [0.717, 1.165) is 16.7 Å². The first kappa shape index (κ1) is 23.6. The number of aryl methyl sites for hydroxylation is 1. The van der Waals surface area contributed by atoms with Crippen molar-refractivity contribution in [3.05, 3.63) is 114 Å². The summed E-state index contributed by atoms with van der Waals surface area (Å²) >= 11 is 0. The Balaban J connectivity index is 2.16. The first-order valence-corrected chi connectivity index (χ1v) is 10.5. The van der Waals surface area contributed by atoms with E-state index in [0.29, 0.717) is 0 Å². The Morgan fingerprint density at radius 1 is 1.12 bits per heavy atom. The first-order valence-electron chi connectivity index (χ1n) is 10.5. The number of aliphatic hydroxyl groups is 2. The molecule has 2 aromatic carbocycles. The van der Waals surface area contributed by atoms with Crippen molar-refractivity contribution in [1.82, 2.24) is 0 Å². The summed E-state index contributed by atoms with van der Waals surface area (Å²) in [4.78, 5) is 4.40. The zero-order valence-electron chi connectivity index (χ0n) is 18.6. The van der Waals surface area contributed by atoms with Crippen LogP contribution in [0, 0.1) is 6.92 Å². The van der Waals surface area contributed by atoms with Gasteiger partial charge >= 0.3 is 0 Å². The van der Waals surface area contributed by atoms with Crippen molar-refractivity contribution in [3.8, 4) is 5.75 Å². The number of nitrogens with zero attached hydrogens (tertiary/aromatic N) is 3. The van der Waals surface area contributed by atoms with Gasteiger partial charge in [0.1, 0.15) is 29.0 Å². The van der Waals surface area contributed by atoms with E-state index < -0.39 is 11.6 Å². The van der Waals surface area contributed by atoms with Crippen LogP contribution in [-0.2, 0) is 0 Å². The van der Waals surface area contributed by atoms with Gasteiger partial charge in [-0.3, -0.25) is 4.99 Å². The fourth-order valence-electron chi connectivity index (χ4n) is 3.20. The second-order valence-electron chi connectivity index (χ2n) is 7.58. The number of rotatable bonds is 7. The molecule has 2 atom stereocenters. The molecule has 0 aromatic heterocycles. The lowest BCUT2D eigenvalue weighted by atomic mass is 9.85.